The van der Waals surface area contributed by atoms with Gasteiger partial charge < -0.3 is 15.4 Å². The Balaban J connectivity index is 1.76. The third kappa shape index (κ3) is 4.83. The lowest BCUT2D eigenvalue weighted by Crippen LogP contribution is -2.36. The number of aromatic nitrogens is 3. The first-order valence-corrected chi connectivity index (χ1v) is 10.4. The van der Waals surface area contributed by atoms with Crippen molar-refractivity contribution in [1.29, 1.82) is 0 Å². The zero-order valence-electron chi connectivity index (χ0n) is 18.0. The normalized spacial score (nSPS) is 10.8. The molecular formula is C24H23N5O4. The molecule has 0 spiro atoms. The maximum absolute atomic E-state index is 13.2. The van der Waals surface area contributed by atoms with Crippen LogP contribution in [0.15, 0.2) is 76.4 Å². The summed E-state index contributed by atoms with van der Waals surface area (Å²) in [6, 6.07) is 18.6. The zero-order chi connectivity index (χ0) is 23.2. The third-order valence-corrected chi connectivity index (χ3v) is 5.15. The van der Waals surface area contributed by atoms with Gasteiger partial charge in [-0.15, -0.1) is 0 Å². The number of aromatic amines is 1. The lowest BCUT2D eigenvalue weighted by atomic mass is 10.1. The lowest BCUT2D eigenvalue weighted by Gasteiger charge is -2.18. The van der Waals surface area contributed by atoms with Crippen molar-refractivity contribution in [3.8, 4) is 0 Å². The van der Waals surface area contributed by atoms with Gasteiger partial charge in [0.2, 0.25) is 0 Å². The monoisotopic (exact) mass is 445 g/mol. The average molecular weight is 445 g/mol. The van der Waals surface area contributed by atoms with E-state index >= 15 is 0 Å². The van der Waals surface area contributed by atoms with Gasteiger partial charge in [-0.05, 0) is 17.0 Å². The Bertz CT molecular complexity index is 1390. The molecule has 9 heteroatoms. The summed E-state index contributed by atoms with van der Waals surface area (Å²) in [5, 5.41) is 7.30. The highest BCUT2D eigenvalue weighted by Crippen LogP contribution is 2.21. The minimum Gasteiger partial charge on any atom is -0.383 e. The van der Waals surface area contributed by atoms with Crippen molar-refractivity contribution in [1.82, 2.24) is 14.5 Å². The van der Waals surface area contributed by atoms with E-state index in [1.807, 2.05) is 48.5 Å². The summed E-state index contributed by atoms with van der Waals surface area (Å²) in [6.07, 6.45) is 1.54. The highest BCUT2D eigenvalue weighted by molar-refractivity contribution is 6.11. The smallest absolute Gasteiger partial charge is 0.330 e. The number of methoxy groups -OCH3 is 1. The van der Waals surface area contributed by atoms with Crippen LogP contribution in [0.25, 0.3) is 10.8 Å². The lowest BCUT2D eigenvalue weighted by molar-refractivity contribution is 0.102. The Morgan fingerprint density at radius 2 is 1.82 bits per heavy atom. The number of nitrogens with one attached hydrogen (secondary N) is 3. The zero-order valence-corrected chi connectivity index (χ0v) is 18.0. The first-order valence-electron chi connectivity index (χ1n) is 10.4. The number of pyridine rings is 1. The second-order valence-electron chi connectivity index (χ2n) is 7.30. The molecule has 4 rings (SSSR count). The van der Waals surface area contributed by atoms with E-state index in [0.717, 1.165) is 10.9 Å². The van der Waals surface area contributed by atoms with E-state index in [1.165, 1.54) is 11.7 Å². The maximum atomic E-state index is 13.2. The fraction of sp³-hybridized carbons (Fsp3) is 0.167. The Morgan fingerprint density at radius 1 is 1.06 bits per heavy atom. The molecule has 2 heterocycles. The van der Waals surface area contributed by atoms with Gasteiger partial charge in [-0.25, -0.2) is 4.79 Å². The van der Waals surface area contributed by atoms with Crippen LogP contribution in [0.5, 0.6) is 0 Å². The average Bonchev–Trinajstić information content (AvgIpc) is 2.83. The molecule has 2 aromatic carbocycles. The highest BCUT2D eigenvalue weighted by atomic mass is 16.5. The Hall–Kier alpha value is -4.24. The van der Waals surface area contributed by atoms with Gasteiger partial charge in [-0.1, -0.05) is 54.6 Å². The molecule has 1 amide bonds. The predicted octanol–water partition coefficient (Wildman–Crippen LogP) is 2.60. The van der Waals surface area contributed by atoms with Crippen LogP contribution in [0.1, 0.15) is 16.1 Å². The van der Waals surface area contributed by atoms with E-state index in [9.17, 15) is 14.4 Å². The second-order valence-corrected chi connectivity index (χ2v) is 7.30. The molecule has 0 aliphatic carbocycles. The van der Waals surface area contributed by atoms with Gasteiger partial charge in [0.1, 0.15) is 17.2 Å². The number of rotatable bonds is 8. The van der Waals surface area contributed by atoms with Crippen LogP contribution in [0.2, 0.25) is 0 Å². The summed E-state index contributed by atoms with van der Waals surface area (Å²) in [5.41, 5.74) is -0.0925. The third-order valence-electron chi connectivity index (χ3n) is 5.15. The summed E-state index contributed by atoms with van der Waals surface area (Å²) in [4.78, 5) is 45.1. The van der Waals surface area contributed by atoms with Gasteiger partial charge in [0.15, 0.2) is 0 Å². The van der Waals surface area contributed by atoms with Crippen molar-refractivity contribution in [3.63, 3.8) is 0 Å². The molecule has 33 heavy (non-hydrogen) atoms. The SMILES string of the molecule is COCCn1c(NC(=O)c2nccc3ccccc23)c(NCc2ccccc2)c(=O)[nH]c1=O. The predicted molar refractivity (Wildman–Crippen MR) is 127 cm³/mol. The molecule has 0 saturated carbocycles. The van der Waals surface area contributed by atoms with Crippen LogP contribution >= 0.6 is 0 Å². The molecule has 168 valence electrons. The summed E-state index contributed by atoms with van der Waals surface area (Å²) in [7, 11) is 1.50. The number of fused-ring (bicyclic) bond motifs is 1. The minimum atomic E-state index is -0.650. The molecule has 3 N–H and O–H groups in total. The standard InChI is InChI=1S/C24H23N5O4/c1-33-14-13-29-21(27-22(30)19-18-10-6-5-9-17(18)11-12-25-19)20(23(31)28-24(29)32)26-15-16-7-3-2-4-8-16/h2-12,26H,13-15H2,1H3,(H,27,30)(H,28,31,32). The van der Waals surface area contributed by atoms with E-state index in [1.54, 1.807) is 18.3 Å². The van der Waals surface area contributed by atoms with Crippen LogP contribution in [0.4, 0.5) is 11.5 Å². The fourth-order valence-corrected chi connectivity index (χ4v) is 3.51. The summed E-state index contributed by atoms with van der Waals surface area (Å²) in [5.74, 6) is -0.484. The van der Waals surface area contributed by atoms with Gasteiger partial charge in [0.05, 0.1) is 13.2 Å². The molecule has 0 fully saturated rings. The topological polar surface area (TPSA) is 118 Å². The second kappa shape index (κ2) is 9.92. The highest BCUT2D eigenvalue weighted by Gasteiger charge is 2.20. The Labute approximate surface area is 189 Å². The van der Waals surface area contributed by atoms with Crippen molar-refractivity contribution in [2.24, 2.45) is 0 Å². The Morgan fingerprint density at radius 3 is 2.61 bits per heavy atom. The molecule has 0 unspecified atom stereocenters. The number of hydrogen-bond acceptors (Lipinski definition) is 6. The number of H-pyrrole nitrogens is 1. The van der Waals surface area contributed by atoms with Crippen LogP contribution < -0.4 is 21.9 Å². The molecule has 0 atom stereocenters. The minimum absolute atomic E-state index is 0.0523. The number of amides is 1. The molecule has 0 aliphatic rings. The number of carbonyl (C=O) groups excluding carboxylic acids is 1. The van der Waals surface area contributed by atoms with Gasteiger partial charge in [-0.3, -0.25) is 24.1 Å². The van der Waals surface area contributed by atoms with Gasteiger partial charge in [-0.2, -0.15) is 0 Å². The summed E-state index contributed by atoms with van der Waals surface area (Å²) < 4.78 is 6.37. The molecule has 0 radical (unpaired) electrons. The van der Waals surface area contributed by atoms with E-state index < -0.39 is 17.2 Å². The van der Waals surface area contributed by atoms with Crippen molar-refractivity contribution >= 4 is 28.2 Å². The number of anilines is 2. The molecule has 4 aromatic rings. The summed E-state index contributed by atoms with van der Waals surface area (Å²) in [6.45, 7) is 0.659. The number of benzene rings is 2. The van der Waals surface area contributed by atoms with Crippen molar-refractivity contribution < 1.29 is 9.53 Å². The van der Waals surface area contributed by atoms with Crippen LogP contribution in [0, 0.1) is 0 Å². The quantitative estimate of drug-likeness (QED) is 0.384. The van der Waals surface area contributed by atoms with E-state index in [0.29, 0.717) is 11.9 Å². The van der Waals surface area contributed by atoms with E-state index in [-0.39, 0.29) is 30.4 Å². The molecule has 2 aromatic heterocycles. The van der Waals surface area contributed by atoms with Gasteiger partial charge in [0.25, 0.3) is 11.5 Å². The Kier molecular flexibility index (Phi) is 6.61. The molecule has 9 nitrogen and oxygen atoms in total. The molecule has 0 saturated heterocycles. The van der Waals surface area contributed by atoms with E-state index in [2.05, 4.69) is 20.6 Å². The van der Waals surface area contributed by atoms with Gasteiger partial charge in [0, 0.05) is 25.2 Å². The first-order chi connectivity index (χ1) is 16.1. The number of ether oxygens (including phenoxy) is 1. The van der Waals surface area contributed by atoms with Crippen molar-refractivity contribution in [2.45, 2.75) is 13.1 Å². The molecular weight excluding hydrogens is 422 g/mol. The van der Waals surface area contributed by atoms with Crippen LogP contribution in [0.3, 0.4) is 0 Å². The first kappa shape index (κ1) is 22.0. The maximum Gasteiger partial charge on any atom is 0.330 e. The molecule has 0 bridgehead atoms. The fourth-order valence-electron chi connectivity index (χ4n) is 3.51. The van der Waals surface area contributed by atoms with Crippen molar-refractivity contribution in [2.75, 3.05) is 24.4 Å². The van der Waals surface area contributed by atoms with Crippen molar-refractivity contribution in [3.05, 3.63) is 99.0 Å². The summed E-state index contributed by atoms with van der Waals surface area (Å²) >= 11 is 0. The number of carbonyl (C=O) groups is 1. The number of nitrogens with zero attached hydrogens (tertiary/aromatic N) is 2. The largest absolute Gasteiger partial charge is 0.383 e. The number of hydrogen-bond donors (Lipinski definition) is 3. The van der Waals surface area contributed by atoms with E-state index in [4.69, 9.17) is 4.74 Å². The van der Waals surface area contributed by atoms with Crippen LogP contribution in [-0.4, -0.2) is 34.2 Å². The van der Waals surface area contributed by atoms with Gasteiger partial charge >= 0.3 is 5.69 Å². The van der Waals surface area contributed by atoms with Crippen LogP contribution in [-0.2, 0) is 17.8 Å². The molecule has 0 aliphatic heterocycles.